The second-order valence-corrected chi connectivity index (χ2v) is 5.67. The van der Waals surface area contributed by atoms with Crippen LogP contribution < -0.4 is 10.6 Å². The summed E-state index contributed by atoms with van der Waals surface area (Å²) in [5.74, 6) is 0.379. The molecule has 0 aromatic heterocycles. The molecular formula is C17H27ClN2O3. The maximum absolute atomic E-state index is 12.2. The highest BCUT2D eigenvalue weighted by Crippen LogP contribution is 2.25. The number of amides is 1. The predicted molar refractivity (Wildman–Crippen MR) is 93.4 cm³/mol. The highest BCUT2D eigenvalue weighted by molar-refractivity contribution is 5.94. The molecule has 5 nitrogen and oxygen atoms in total. The van der Waals surface area contributed by atoms with Gasteiger partial charge in [-0.05, 0) is 56.5 Å². The van der Waals surface area contributed by atoms with Gasteiger partial charge >= 0.3 is 0 Å². The summed E-state index contributed by atoms with van der Waals surface area (Å²) >= 11 is 0. The first-order valence-electron chi connectivity index (χ1n) is 8.05. The fraction of sp³-hybridized carbons (Fsp3) is 0.588. The molecule has 0 bridgehead atoms. The van der Waals surface area contributed by atoms with Gasteiger partial charge in [0.1, 0.15) is 0 Å². The molecule has 0 spiro atoms. The van der Waals surface area contributed by atoms with Gasteiger partial charge in [0.05, 0.1) is 12.7 Å². The van der Waals surface area contributed by atoms with Crippen LogP contribution in [0.3, 0.4) is 0 Å². The van der Waals surface area contributed by atoms with Crippen molar-refractivity contribution >= 4 is 18.3 Å². The van der Waals surface area contributed by atoms with Crippen LogP contribution in [-0.2, 0) is 4.74 Å². The van der Waals surface area contributed by atoms with Gasteiger partial charge in [-0.15, -0.1) is 12.4 Å². The monoisotopic (exact) mass is 342 g/mol. The molecule has 1 aliphatic rings. The summed E-state index contributed by atoms with van der Waals surface area (Å²) in [6.07, 6.45) is 1.55. The maximum Gasteiger partial charge on any atom is 0.251 e. The number of hydrogen-bond donors (Lipinski definition) is 3. The number of ether oxygens (including phenoxy) is 1. The van der Waals surface area contributed by atoms with Crippen LogP contribution in [0.15, 0.2) is 24.3 Å². The smallest absolute Gasteiger partial charge is 0.251 e. The standard InChI is InChI=1S/C17H26N2O3.ClH/c1-2-22-12-16(20)11-19-17(21)15-5-3-4-14(10-15)13-6-8-18-9-7-13;/h3-5,10,13,16,18,20H,2,6-9,11-12H2,1H3,(H,19,21);1H. The van der Waals surface area contributed by atoms with Crippen molar-refractivity contribution in [2.75, 3.05) is 32.8 Å². The van der Waals surface area contributed by atoms with E-state index in [0.717, 1.165) is 25.9 Å². The average Bonchev–Trinajstić information content (AvgIpc) is 2.58. The van der Waals surface area contributed by atoms with E-state index < -0.39 is 6.10 Å². The van der Waals surface area contributed by atoms with Crippen molar-refractivity contribution in [3.05, 3.63) is 35.4 Å². The number of benzene rings is 1. The van der Waals surface area contributed by atoms with Crippen LogP contribution in [0.2, 0.25) is 0 Å². The predicted octanol–water partition coefficient (Wildman–Crippen LogP) is 1.70. The van der Waals surface area contributed by atoms with Gasteiger partial charge in [-0.25, -0.2) is 0 Å². The summed E-state index contributed by atoms with van der Waals surface area (Å²) in [7, 11) is 0. The number of halogens is 1. The molecular weight excluding hydrogens is 316 g/mol. The van der Waals surface area contributed by atoms with Crippen LogP contribution in [0.4, 0.5) is 0 Å². The van der Waals surface area contributed by atoms with Crippen LogP contribution in [0.1, 0.15) is 41.6 Å². The van der Waals surface area contributed by atoms with Crippen LogP contribution >= 0.6 is 12.4 Å². The Hall–Kier alpha value is -1.14. The topological polar surface area (TPSA) is 70.6 Å². The zero-order chi connectivity index (χ0) is 15.8. The second-order valence-electron chi connectivity index (χ2n) is 5.67. The van der Waals surface area contributed by atoms with Gasteiger partial charge < -0.3 is 20.5 Å². The summed E-state index contributed by atoms with van der Waals surface area (Å²) < 4.78 is 5.12. The zero-order valence-corrected chi connectivity index (χ0v) is 14.4. The third-order valence-corrected chi connectivity index (χ3v) is 3.97. The molecule has 1 heterocycles. The molecule has 23 heavy (non-hydrogen) atoms. The average molecular weight is 343 g/mol. The van der Waals surface area contributed by atoms with Crippen molar-refractivity contribution in [2.24, 2.45) is 0 Å². The van der Waals surface area contributed by atoms with E-state index in [1.165, 1.54) is 5.56 Å². The third kappa shape index (κ3) is 6.47. The Morgan fingerprint density at radius 3 is 2.87 bits per heavy atom. The lowest BCUT2D eigenvalue weighted by Crippen LogP contribution is -2.34. The van der Waals surface area contributed by atoms with Crippen molar-refractivity contribution in [3.8, 4) is 0 Å². The normalized spacial score (nSPS) is 16.4. The van der Waals surface area contributed by atoms with Gasteiger partial charge in [0.15, 0.2) is 0 Å². The van der Waals surface area contributed by atoms with Crippen molar-refractivity contribution in [1.82, 2.24) is 10.6 Å². The molecule has 3 N–H and O–H groups in total. The number of aliphatic hydroxyl groups is 1. The van der Waals surface area contributed by atoms with Crippen molar-refractivity contribution < 1.29 is 14.6 Å². The molecule has 0 aliphatic carbocycles. The van der Waals surface area contributed by atoms with E-state index >= 15 is 0 Å². The van der Waals surface area contributed by atoms with E-state index in [1.54, 1.807) is 0 Å². The molecule has 1 fully saturated rings. The highest BCUT2D eigenvalue weighted by Gasteiger charge is 2.16. The van der Waals surface area contributed by atoms with Gasteiger partial charge in [-0.2, -0.15) is 0 Å². The Morgan fingerprint density at radius 2 is 2.17 bits per heavy atom. The Bertz CT molecular complexity index is 479. The minimum Gasteiger partial charge on any atom is -0.389 e. The molecule has 1 aromatic rings. The van der Waals surface area contributed by atoms with Crippen molar-refractivity contribution in [3.63, 3.8) is 0 Å². The van der Waals surface area contributed by atoms with Gasteiger partial charge in [0.25, 0.3) is 5.91 Å². The van der Waals surface area contributed by atoms with Gasteiger partial charge in [-0.3, -0.25) is 4.79 Å². The molecule has 1 atom stereocenters. The second kappa shape index (κ2) is 10.6. The molecule has 1 saturated heterocycles. The van der Waals surface area contributed by atoms with Crippen molar-refractivity contribution in [1.29, 1.82) is 0 Å². The summed E-state index contributed by atoms with van der Waals surface area (Å²) in [6.45, 7) is 4.94. The first-order valence-corrected chi connectivity index (χ1v) is 8.05. The Kier molecular flexibility index (Phi) is 9.17. The summed E-state index contributed by atoms with van der Waals surface area (Å²) in [4.78, 5) is 12.2. The van der Waals surface area contributed by atoms with E-state index in [0.29, 0.717) is 18.1 Å². The SMILES string of the molecule is CCOCC(O)CNC(=O)c1cccc(C2CCNCC2)c1.Cl. The Labute approximate surface area is 144 Å². The lowest BCUT2D eigenvalue weighted by molar-refractivity contribution is 0.0418. The number of piperidine rings is 1. The summed E-state index contributed by atoms with van der Waals surface area (Å²) in [5.41, 5.74) is 1.88. The zero-order valence-electron chi connectivity index (χ0n) is 13.6. The number of rotatable bonds is 7. The number of hydrogen-bond acceptors (Lipinski definition) is 4. The molecule has 1 aromatic carbocycles. The fourth-order valence-electron chi connectivity index (χ4n) is 2.71. The van der Waals surface area contributed by atoms with Gasteiger partial charge in [0.2, 0.25) is 0 Å². The van der Waals surface area contributed by atoms with E-state index in [-0.39, 0.29) is 31.5 Å². The largest absolute Gasteiger partial charge is 0.389 e. The van der Waals surface area contributed by atoms with Crippen LogP contribution in [0, 0.1) is 0 Å². The first kappa shape index (κ1) is 19.9. The van der Waals surface area contributed by atoms with E-state index in [4.69, 9.17) is 4.74 Å². The van der Waals surface area contributed by atoms with E-state index in [2.05, 4.69) is 16.7 Å². The van der Waals surface area contributed by atoms with Crippen LogP contribution in [0.5, 0.6) is 0 Å². The number of aliphatic hydroxyl groups excluding tert-OH is 1. The molecule has 1 unspecified atom stereocenters. The van der Waals surface area contributed by atoms with Gasteiger partial charge in [-0.1, -0.05) is 12.1 Å². The number of carbonyl (C=O) groups excluding carboxylic acids is 1. The number of carbonyl (C=O) groups is 1. The Morgan fingerprint density at radius 1 is 1.43 bits per heavy atom. The molecule has 1 aliphatic heterocycles. The van der Waals surface area contributed by atoms with E-state index in [9.17, 15) is 9.90 Å². The first-order chi connectivity index (χ1) is 10.7. The minimum absolute atomic E-state index is 0. The van der Waals surface area contributed by atoms with Gasteiger partial charge in [0, 0.05) is 18.7 Å². The molecule has 0 saturated carbocycles. The fourth-order valence-corrected chi connectivity index (χ4v) is 2.71. The number of nitrogens with one attached hydrogen (secondary N) is 2. The molecule has 6 heteroatoms. The molecule has 2 rings (SSSR count). The molecule has 0 radical (unpaired) electrons. The van der Waals surface area contributed by atoms with Crippen LogP contribution in [-0.4, -0.2) is 50.0 Å². The summed E-state index contributed by atoms with van der Waals surface area (Å²) in [5, 5.41) is 15.8. The maximum atomic E-state index is 12.2. The van der Waals surface area contributed by atoms with E-state index in [1.807, 2.05) is 25.1 Å². The molecule has 130 valence electrons. The minimum atomic E-state index is -0.670. The molecule has 1 amide bonds. The highest BCUT2D eigenvalue weighted by atomic mass is 35.5. The third-order valence-electron chi connectivity index (χ3n) is 3.97. The lowest BCUT2D eigenvalue weighted by atomic mass is 9.89. The van der Waals surface area contributed by atoms with Crippen molar-refractivity contribution in [2.45, 2.75) is 31.8 Å². The van der Waals surface area contributed by atoms with Crippen LogP contribution in [0.25, 0.3) is 0 Å². The summed E-state index contributed by atoms with van der Waals surface area (Å²) in [6, 6.07) is 7.81. The quantitative estimate of drug-likeness (QED) is 0.705. The Balaban J connectivity index is 0.00000264. The lowest BCUT2D eigenvalue weighted by Gasteiger charge is -2.23.